The third kappa shape index (κ3) is 10.1. The largest absolute Gasteiger partial charge is 0.480 e. The number of carboxylic acids is 1. The summed E-state index contributed by atoms with van der Waals surface area (Å²) in [6.07, 6.45) is -0.565. The maximum absolute atomic E-state index is 12.5. The van der Waals surface area contributed by atoms with Crippen LogP contribution in [0.4, 0.5) is 4.79 Å². The number of carbonyl (C=O) groups excluding carboxylic acids is 1. The van der Waals surface area contributed by atoms with E-state index in [-0.39, 0.29) is 30.2 Å². The molecule has 0 aliphatic carbocycles. The number of nitrogens with one attached hydrogen (secondary N) is 4. The van der Waals surface area contributed by atoms with Crippen molar-refractivity contribution in [2.75, 3.05) is 6.54 Å². The van der Waals surface area contributed by atoms with Crippen LogP contribution in [0.2, 0.25) is 0 Å². The van der Waals surface area contributed by atoms with Crippen LogP contribution >= 0.6 is 0 Å². The van der Waals surface area contributed by atoms with E-state index in [9.17, 15) is 23.1 Å². The number of ether oxygens (including phenoxy) is 1. The number of alkyl carbamates (subject to hydrolysis) is 1. The number of aliphatic carboxylic acids is 1. The minimum absolute atomic E-state index is 0.0390. The Morgan fingerprint density at radius 3 is 2.35 bits per heavy atom. The summed E-state index contributed by atoms with van der Waals surface area (Å²) in [5.41, 5.74) is 4.60. The number of sulfonamides is 1. The normalized spacial score (nSPS) is 13.3. The summed E-state index contributed by atoms with van der Waals surface area (Å²) < 4.78 is 32.2. The summed E-state index contributed by atoms with van der Waals surface area (Å²) in [6, 6.07) is 5.03. The van der Waals surface area contributed by atoms with Gasteiger partial charge in [-0.2, -0.15) is 5.53 Å². The Balaban J connectivity index is 2.71. The van der Waals surface area contributed by atoms with E-state index in [1.807, 2.05) is 6.92 Å². The first-order valence-corrected chi connectivity index (χ1v) is 10.9. The molecule has 0 aromatic heterocycles. The van der Waals surface area contributed by atoms with Crippen molar-refractivity contribution in [1.29, 1.82) is 0 Å². The van der Waals surface area contributed by atoms with Crippen molar-refractivity contribution in [3.63, 3.8) is 0 Å². The highest BCUT2D eigenvalue weighted by Gasteiger charge is 2.23. The summed E-state index contributed by atoms with van der Waals surface area (Å²) in [4.78, 5) is 27.2. The van der Waals surface area contributed by atoms with E-state index in [0.29, 0.717) is 0 Å². The Morgan fingerprint density at radius 1 is 1.23 bits per heavy atom. The molecule has 1 aromatic carbocycles. The Morgan fingerprint density at radius 2 is 1.84 bits per heavy atom. The second-order valence-electron chi connectivity index (χ2n) is 7.60. The molecule has 0 saturated carbocycles. The highest BCUT2D eigenvalue weighted by atomic mass is 32.2. The molecule has 1 aromatic rings. The van der Waals surface area contributed by atoms with Gasteiger partial charge in [-0.05, 0) is 52.7 Å². The summed E-state index contributed by atoms with van der Waals surface area (Å²) in [6.45, 7) is 6.87. The molecule has 0 fully saturated rings. The lowest BCUT2D eigenvalue weighted by Gasteiger charge is -2.21. The molecule has 0 unspecified atom stereocenters. The number of carbonyl (C=O) groups is 2. The molecule has 0 saturated heterocycles. The number of nitrogens with two attached hydrogens (primary N) is 1. The molecule has 0 spiro atoms. The quantitative estimate of drug-likeness (QED) is 0.0999. The van der Waals surface area contributed by atoms with Gasteiger partial charge in [0.15, 0.2) is 0 Å². The zero-order valence-electron chi connectivity index (χ0n) is 17.9. The third-order valence-electron chi connectivity index (χ3n) is 3.66. The molecule has 0 aliphatic rings. The van der Waals surface area contributed by atoms with Crippen molar-refractivity contribution in [2.24, 2.45) is 10.8 Å². The standard InChI is InChI=1S/C18H30N6O6S/c1-12-7-9-13(10-8-12)31(28,29)23-16(22-24-19)20-11-5-6-14(15(25)26)21-17(27)30-18(2,3)4/h7-10,14,24H,5-6,11,19H2,1-4H3,(H,21,27)(H,25,26)(H2,20,22,23)/t14-/m0/s1. The third-order valence-corrected chi connectivity index (χ3v) is 5.02. The number of aliphatic imine (C=N–C) groups is 1. The Hall–Kier alpha value is -2.90. The van der Waals surface area contributed by atoms with Gasteiger partial charge in [-0.15, -0.1) is 0 Å². The van der Waals surface area contributed by atoms with Gasteiger partial charge in [0.1, 0.15) is 11.6 Å². The van der Waals surface area contributed by atoms with Gasteiger partial charge >= 0.3 is 12.1 Å². The molecule has 174 valence electrons. The lowest BCUT2D eigenvalue weighted by Crippen LogP contribution is -2.50. The molecular formula is C18H30N6O6S. The van der Waals surface area contributed by atoms with Crippen molar-refractivity contribution in [2.45, 2.75) is 57.1 Å². The fraction of sp³-hybridized carbons (Fsp3) is 0.500. The van der Waals surface area contributed by atoms with E-state index in [1.165, 1.54) is 12.1 Å². The van der Waals surface area contributed by atoms with E-state index in [1.54, 1.807) is 32.9 Å². The van der Waals surface area contributed by atoms with Crippen LogP contribution in [0.15, 0.2) is 34.2 Å². The van der Waals surface area contributed by atoms with Crippen molar-refractivity contribution in [3.05, 3.63) is 29.8 Å². The van der Waals surface area contributed by atoms with E-state index in [2.05, 4.69) is 26.0 Å². The second-order valence-corrected chi connectivity index (χ2v) is 9.28. The average molecular weight is 459 g/mol. The second kappa shape index (κ2) is 11.5. The number of hydrogen-bond donors (Lipinski definition) is 6. The smallest absolute Gasteiger partial charge is 0.408 e. The fourth-order valence-corrected chi connectivity index (χ4v) is 3.25. The van der Waals surface area contributed by atoms with Gasteiger partial charge in [-0.25, -0.2) is 22.7 Å². The molecule has 0 heterocycles. The summed E-state index contributed by atoms with van der Waals surface area (Å²) in [7, 11) is -3.91. The van der Waals surface area contributed by atoms with Crippen LogP contribution in [-0.4, -0.2) is 49.7 Å². The summed E-state index contributed by atoms with van der Waals surface area (Å²) in [5, 5.41) is 11.6. The zero-order chi connectivity index (χ0) is 23.7. The van der Waals surface area contributed by atoms with Gasteiger partial charge in [0, 0.05) is 6.54 Å². The van der Waals surface area contributed by atoms with Crippen LogP contribution in [0.5, 0.6) is 0 Å². The lowest BCUT2D eigenvalue weighted by atomic mass is 10.1. The Labute approximate surface area is 181 Å². The van der Waals surface area contributed by atoms with Crippen LogP contribution in [0.1, 0.15) is 39.2 Å². The van der Waals surface area contributed by atoms with E-state index in [4.69, 9.17) is 10.6 Å². The summed E-state index contributed by atoms with van der Waals surface area (Å²) in [5.74, 6) is 3.79. The Bertz CT molecular complexity index is 880. The van der Waals surface area contributed by atoms with Crippen LogP contribution in [0.25, 0.3) is 0 Å². The molecule has 13 heteroatoms. The van der Waals surface area contributed by atoms with Gasteiger partial charge in [0.2, 0.25) is 5.96 Å². The van der Waals surface area contributed by atoms with Crippen molar-refractivity contribution >= 4 is 28.0 Å². The monoisotopic (exact) mass is 458 g/mol. The van der Waals surface area contributed by atoms with Gasteiger partial charge in [0.05, 0.1) is 4.90 Å². The first-order valence-electron chi connectivity index (χ1n) is 9.42. The number of guanidine groups is 1. The number of hydrogen-bond acceptors (Lipinski definition) is 8. The number of nitrogens with zero attached hydrogens (tertiary/aromatic N) is 1. The number of benzene rings is 1. The van der Waals surface area contributed by atoms with Crippen LogP contribution in [0, 0.1) is 6.92 Å². The number of carboxylic acid groups (broad SMARTS) is 1. The number of hydrazine groups is 2. The molecular weight excluding hydrogens is 428 g/mol. The average Bonchev–Trinajstić information content (AvgIpc) is 2.62. The lowest BCUT2D eigenvalue weighted by molar-refractivity contribution is -0.139. The highest BCUT2D eigenvalue weighted by molar-refractivity contribution is 7.90. The minimum atomic E-state index is -3.91. The molecule has 1 rings (SSSR count). The predicted molar refractivity (Wildman–Crippen MR) is 114 cm³/mol. The maximum atomic E-state index is 12.5. The van der Waals surface area contributed by atoms with Gasteiger partial charge in [-0.3, -0.25) is 16.3 Å². The molecule has 1 amide bonds. The molecule has 12 nitrogen and oxygen atoms in total. The predicted octanol–water partition coefficient (Wildman–Crippen LogP) is 0.355. The van der Waals surface area contributed by atoms with Gasteiger partial charge < -0.3 is 15.2 Å². The topological polar surface area (TPSA) is 184 Å². The van der Waals surface area contributed by atoms with Gasteiger partial charge in [-0.1, -0.05) is 17.7 Å². The minimum Gasteiger partial charge on any atom is -0.480 e. The fourth-order valence-electron chi connectivity index (χ4n) is 2.26. The zero-order valence-corrected chi connectivity index (χ0v) is 18.7. The first kappa shape index (κ1) is 26.1. The van der Waals surface area contributed by atoms with E-state index in [0.717, 1.165) is 5.56 Å². The number of amides is 1. The van der Waals surface area contributed by atoms with Crippen LogP contribution in [0.3, 0.4) is 0 Å². The van der Waals surface area contributed by atoms with Crippen molar-refractivity contribution in [1.82, 2.24) is 21.0 Å². The Kier molecular flexibility index (Phi) is 9.68. The van der Waals surface area contributed by atoms with Crippen molar-refractivity contribution < 1.29 is 27.9 Å². The van der Waals surface area contributed by atoms with Gasteiger partial charge in [0.25, 0.3) is 10.0 Å². The molecule has 7 N–H and O–H groups in total. The van der Waals surface area contributed by atoms with Crippen molar-refractivity contribution in [3.8, 4) is 0 Å². The number of rotatable bonds is 9. The van der Waals surface area contributed by atoms with Crippen LogP contribution in [-0.2, 0) is 19.6 Å². The maximum Gasteiger partial charge on any atom is 0.408 e. The molecule has 1 atom stereocenters. The number of aryl methyl sites for hydroxylation is 1. The summed E-state index contributed by atoms with van der Waals surface area (Å²) >= 11 is 0. The highest BCUT2D eigenvalue weighted by Crippen LogP contribution is 2.10. The van der Waals surface area contributed by atoms with Crippen LogP contribution < -0.4 is 26.8 Å². The SMILES string of the molecule is Cc1ccc(S(=O)(=O)NC(=NCCC[C@H](NC(=O)OC(C)(C)C)C(=O)O)NNN)cc1. The molecule has 0 aliphatic heterocycles. The first-order chi connectivity index (χ1) is 14.3. The molecule has 0 bridgehead atoms. The van der Waals surface area contributed by atoms with E-state index >= 15 is 0 Å². The molecule has 31 heavy (non-hydrogen) atoms. The van der Waals surface area contributed by atoms with E-state index < -0.39 is 33.7 Å². The molecule has 0 radical (unpaired) electrons.